The normalized spacial score (nSPS) is 12.3. The molecular formula is C33H26N4O13S4. The largest absolute Gasteiger partial charge is 0.507 e. The quantitative estimate of drug-likeness (QED) is 0.0833. The van der Waals surface area contributed by atoms with E-state index in [4.69, 9.17) is 0 Å². The van der Waals surface area contributed by atoms with E-state index in [1.54, 1.807) is 0 Å². The van der Waals surface area contributed by atoms with Crippen LogP contribution in [0.1, 0.15) is 0 Å². The molecule has 0 radical (unpaired) electrons. The van der Waals surface area contributed by atoms with E-state index in [1.165, 1.54) is 72.8 Å². The van der Waals surface area contributed by atoms with Crippen molar-refractivity contribution in [1.29, 1.82) is 0 Å². The van der Waals surface area contributed by atoms with Crippen LogP contribution in [0, 0.1) is 0 Å². The second-order valence-corrected chi connectivity index (χ2v) is 17.6. The maximum Gasteiger partial charge on any atom is 0.323 e. The Bertz CT molecular complexity index is 2740. The molecule has 0 aliphatic rings. The summed E-state index contributed by atoms with van der Waals surface area (Å²) in [4.78, 5) is 10.5. The van der Waals surface area contributed by atoms with E-state index in [1.807, 2.05) is 0 Å². The van der Waals surface area contributed by atoms with Crippen molar-refractivity contribution in [2.24, 2.45) is 0 Å². The third-order valence-corrected chi connectivity index (χ3v) is 12.4. The van der Waals surface area contributed by atoms with Crippen LogP contribution in [0.3, 0.4) is 0 Å². The maximum atomic E-state index is 13.3. The molecule has 0 fully saturated rings. The SMILES string of the molecule is O=C(Nc1ccc(S(=O)(=O)Nc2c(S(=O)(=O)O)ccc3c(O)cccc23)cc1)Nc1ccc(S(=O)(=O)Nc2c(S(=O)(=O)O)ccc3c(O)cccc23)cc1. The van der Waals surface area contributed by atoms with Crippen molar-refractivity contribution in [1.82, 2.24) is 0 Å². The number of amides is 2. The van der Waals surface area contributed by atoms with Gasteiger partial charge in [0.05, 0.1) is 21.2 Å². The molecular weight excluding hydrogens is 789 g/mol. The zero-order valence-corrected chi connectivity index (χ0v) is 30.3. The number of fused-ring (bicyclic) bond motifs is 2. The predicted molar refractivity (Wildman–Crippen MR) is 198 cm³/mol. The molecule has 0 spiro atoms. The number of hydrogen-bond acceptors (Lipinski definition) is 11. The van der Waals surface area contributed by atoms with Crippen molar-refractivity contribution in [2.75, 3.05) is 20.1 Å². The van der Waals surface area contributed by atoms with Crippen molar-refractivity contribution in [3.05, 3.63) is 109 Å². The van der Waals surface area contributed by atoms with Gasteiger partial charge >= 0.3 is 6.03 Å². The third-order valence-electron chi connectivity index (χ3n) is 7.87. The van der Waals surface area contributed by atoms with Gasteiger partial charge in [0.2, 0.25) is 0 Å². The number of anilines is 4. The number of sulfonamides is 2. The van der Waals surface area contributed by atoms with Crippen molar-refractivity contribution in [2.45, 2.75) is 19.6 Å². The highest BCUT2D eigenvalue weighted by Gasteiger charge is 2.26. The molecule has 0 unspecified atom stereocenters. The highest BCUT2D eigenvalue weighted by Crippen LogP contribution is 2.38. The smallest absolute Gasteiger partial charge is 0.323 e. The minimum absolute atomic E-state index is 0.0113. The van der Waals surface area contributed by atoms with Gasteiger partial charge in [-0.1, -0.05) is 24.3 Å². The van der Waals surface area contributed by atoms with Gasteiger partial charge in [0.1, 0.15) is 21.3 Å². The first-order chi connectivity index (χ1) is 25.2. The Morgan fingerprint density at radius 2 is 0.796 bits per heavy atom. The summed E-state index contributed by atoms with van der Waals surface area (Å²) in [5.41, 5.74) is -0.781. The first-order valence-electron chi connectivity index (χ1n) is 15.0. The van der Waals surface area contributed by atoms with Crippen molar-refractivity contribution >= 4 is 90.6 Å². The summed E-state index contributed by atoms with van der Waals surface area (Å²) in [5, 5.41) is 25.5. The lowest BCUT2D eigenvalue weighted by Crippen LogP contribution is -2.20. The van der Waals surface area contributed by atoms with Crippen LogP contribution in [0.4, 0.5) is 27.5 Å². The molecule has 0 atom stereocenters. The molecule has 0 saturated heterocycles. The van der Waals surface area contributed by atoms with E-state index in [-0.39, 0.29) is 54.2 Å². The highest BCUT2D eigenvalue weighted by atomic mass is 32.2. The van der Waals surface area contributed by atoms with E-state index in [0.29, 0.717) is 0 Å². The summed E-state index contributed by atoms with van der Waals surface area (Å²) in [5.74, 6) is -0.532. The first-order valence-corrected chi connectivity index (χ1v) is 20.9. The Labute approximate surface area is 307 Å². The number of carbonyl (C=O) groups excluding carboxylic acids is 1. The van der Waals surface area contributed by atoms with Crippen LogP contribution >= 0.6 is 0 Å². The Balaban J connectivity index is 1.16. The zero-order valence-electron chi connectivity index (χ0n) is 27.0. The molecule has 21 heteroatoms. The van der Waals surface area contributed by atoms with Gasteiger partial charge in [-0.2, -0.15) is 16.8 Å². The van der Waals surface area contributed by atoms with Crippen LogP contribution < -0.4 is 20.1 Å². The molecule has 0 aliphatic heterocycles. The number of urea groups is 1. The lowest BCUT2D eigenvalue weighted by molar-refractivity contribution is 0.262. The minimum atomic E-state index is -4.91. The molecule has 8 N–H and O–H groups in total. The van der Waals surface area contributed by atoms with Crippen LogP contribution in [0.25, 0.3) is 21.5 Å². The van der Waals surface area contributed by atoms with Gasteiger partial charge < -0.3 is 20.8 Å². The highest BCUT2D eigenvalue weighted by molar-refractivity contribution is 7.93. The van der Waals surface area contributed by atoms with E-state index in [0.717, 1.165) is 36.4 Å². The van der Waals surface area contributed by atoms with Gasteiger partial charge in [0, 0.05) is 32.9 Å². The Morgan fingerprint density at radius 1 is 0.444 bits per heavy atom. The second-order valence-electron chi connectivity index (χ2n) is 11.4. The molecule has 0 aliphatic carbocycles. The minimum Gasteiger partial charge on any atom is -0.507 e. The average molecular weight is 815 g/mol. The monoisotopic (exact) mass is 814 g/mol. The van der Waals surface area contributed by atoms with E-state index >= 15 is 0 Å². The fourth-order valence-corrected chi connectivity index (χ4v) is 9.05. The van der Waals surface area contributed by atoms with Crippen LogP contribution in [-0.2, 0) is 40.3 Å². The van der Waals surface area contributed by atoms with E-state index in [2.05, 4.69) is 20.1 Å². The van der Waals surface area contributed by atoms with Crippen molar-refractivity contribution in [3.63, 3.8) is 0 Å². The summed E-state index contributed by atoms with van der Waals surface area (Å²) >= 11 is 0. The molecule has 6 aromatic carbocycles. The number of hydrogen-bond donors (Lipinski definition) is 8. The molecule has 6 rings (SSSR count). The van der Waals surface area contributed by atoms with Gasteiger partial charge in [-0.15, -0.1) is 0 Å². The fourth-order valence-electron chi connectivity index (χ4n) is 5.40. The summed E-state index contributed by atoms with van der Waals surface area (Å²) in [6.45, 7) is 0. The van der Waals surface area contributed by atoms with Gasteiger partial charge in [-0.3, -0.25) is 18.5 Å². The number of rotatable bonds is 10. The standard InChI is InChI=1S/C33H26N4O13S4/c38-27-5-1-3-25-23(27)15-17-29(53(45,46)47)31(25)36-51(41,42)21-11-7-19(8-12-21)34-33(40)35-20-9-13-22(14-10-20)52(43,44)37-32-26-4-2-6-28(39)24(26)16-18-30(32)54(48,49)50/h1-18,36-39H,(H2,34,35,40)(H,45,46,47)(H,48,49,50). The lowest BCUT2D eigenvalue weighted by atomic mass is 10.1. The van der Waals surface area contributed by atoms with Crippen LogP contribution in [0.2, 0.25) is 0 Å². The first kappa shape index (κ1) is 37.8. The lowest BCUT2D eigenvalue weighted by Gasteiger charge is -2.15. The molecule has 0 saturated carbocycles. The maximum absolute atomic E-state index is 13.3. The summed E-state index contributed by atoms with van der Waals surface area (Å²) in [6.07, 6.45) is 0. The summed E-state index contributed by atoms with van der Waals surface area (Å²) < 4.78 is 125. The van der Waals surface area contributed by atoms with E-state index < -0.39 is 67.5 Å². The molecule has 0 heterocycles. The summed E-state index contributed by atoms with van der Waals surface area (Å²) in [7, 11) is -18.8. The Kier molecular flexibility index (Phi) is 9.64. The van der Waals surface area contributed by atoms with Crippen LogP contribution in [0.15, 0.2) is 129 Å². The van der Waals surface area contributed by atoms with E-state index in [9.17, 15) is 57.8 Å². The van der Waals surface area contributed by atoms with Gasteiger partial charge in [-0.05, 0) is 84.9 Å². The number of nitrogens with one attached hydrogen (secondary N) is 4. The zero-order chi connectivity index (χ0) is 39.2. The Morgan fingerprint density at radius 3 is 1.13 bits per heavy atom. The number of phenolic OH excluding ortho intramolecular Hbond substituents is 2. The van der Waals surface area contributed by atoms with Gasteiger partial charge in [-0.25, -0.2) is 21.6 Å². The number of carbonyl (C=O) groups is 1. The van der Waals surface area contributed by atoms with Gasteiger partial charge in [0.25, 0.3) is 40.3 Å². The molecule has 6 aromatic rings. The molecule has 54 heavy (non-hydrogen) atoms. The van der Waals surface area contributed by atoms with Crippen LogP contribution in [-0.4, -0.2) is 59.0 Å². The second kappa shape index (κ2) is 13.8. The van der Waals surface area contributed by atoms with Crippen LogP contribution in [0.5, 0.6) is 11.5 Å². The van der Waals surface area contributed by atoms with Gasteiger partial charge in [0.15, 0.2) is 0 Å². The molecule has 2 amide bonds. The summed E-state index contributed by atoms with van der Waals surface area (Å²) in [6, 6.07) is 20.8. The molecule has 17 nitrogen and oxygen atoms in total. The molecule has 0 bridgehead atoms. The number of phenols is 2. The van der Waals surface area contributed by atoms with Crippen molar-refractivity contribution in [3.8, 4) is 11.5 Å². The molecule has 0 aromatic heterocycles. The number of benzene rings is 6. The van der Waals surface area contributed by atoms with Crippen molar-refractivity contribution < 1.29 is 57.8 Å². The third kappa shape index (κ3) is 7.71. The Hall–Kier alpha value is -5.97. The average Bonchev–Trinajstić information content (AvgIpc) is 3.08. The predicted octanol–water partition coefficient (Wildman–Crippen LogP) is 5.14. The fraction of sp³-hybridized carbons (Fsp3) is 0. The topological polar surface area (TPSA) is 283 Å². The molecule has 280 valence electrons. The number of aromatic hydroxyl groups is 2.